The van der Waals surface area contributed by atoms with Crippen LogP contribution in [0.15, 0.2) is 0 Å². The van der Waals surface area contributed by atoms with Crippen LogP contribution in [0, 0.1) is 5.92 Å². The average Bonchev–Trinajstić information content (AvgIpc) is 2.12. The molecule has 1 saturated carbocycles. The van der Waals surface area contributed by atoms with Crippen LogP contribution in [-0.2, 0) is 0 Å². The van der Waals surface area contributed by atoms with Gasteiger partial charge < -0.3 is 11.5 Å². The molecule has 2 unspecified atom stereocenters. The lowest BCUT2D eigenvalue weighted by molar-refractivity contribution is 0.157. The lowest BCUT2D eigenvalue weighted by atomic mass is 9.68. The summed E-state index contributed by atoms with van der Waals surface area (Å²) in [5.74, 6) is 0.614. The first-order valence-corrected chi connectivity index (χ1v) is 5.69. The van der Waals surface area contributed by atoms with E-state index in [9.17, 15) is 0 Å². The van der Waals surface area contributed by atoms with Crippen molar-refractivity contribution in [3.05, 3.63) is 0 Å². The summed E-state index contributed by atoms with van der Waals surface area (Å²) >= 11 is 0. The summed E-state index contributed by atoms with van der Waals surface area (Å²) in [4.78, 5) is 0. The molecule has 0 aromatic rings. The van der Waals surface area contributed by atoms with E-state index in [1.165, 1.54) is 25.7 Å². The predicted octanol–water partition coefficient (Wildman–Crippen LogP) is 2.02. The van der Waals surface area contributed by atoms with E-state index in [0.29, 0.717) is 5.92 Å². The molecule has 1 rings (SSSR count). The van der Waals surface area contributed by atoms with E-state index in [-0.39, 0.29) is 11.6 Å². The van der Waals surface area contributed by atoms with E-state index < -0.39 is 0 Å². The zero-order valence-corrected chi connectivity index (χ0v) is 9.05. The first-order valence-electron chi connectivity index (χ1n) is 5.69. The second-order valence-corrected chi connectivity index (χ2v) is 4.48. The number of rotatable bonds is 3. The van der Waals surface area contributed by atoms with Gasteiger partial charge in [-0.1, -0.05) is 39.5 Å². The second kappa shape index (κ2) is 4.43. The molecule has 1 aliphatic carbocycles. The molecule has 0 bridgehead atoms. The van der Waals surface area contributed by atoms with Crippen LogP contribution in [0.25, 0.3) is 0 Å². The molecule has 0 aromatic carbocycles. The molecule has 78 valence electrons. The van der Waals surface area contributed by atoms with E-state index in [1.54, 1.807) is 0 Å². The summed E-state index contributed by atoms with van der Waals surface area (Å²) < 4.78 is 0. The van der Waals surface area contributed by atoms with Crippen molar-refractivity contribution in [3.63, 3.8) is 0 Å². The molecule has 0 aromatic heterocycles. The number of hydrogen-bond donors (Lipinski definition) is 2. The Balaban J connectivity index is 2.69. The smallest absolute Gasteiger partial charge is 0.0336 e. The van der Waals surface area contributed by atoms with Gasteiger partial charge in [0.25, 0.3) is 0 Å². The first kappa shape index (κ1) is 11.0. The third-order valence-electron chi connectivity index (χ3n) is 3.81. The Hall–Kier alpha value is -0.0800. The molecule has 0 aliphatic heterocycles. The lowest BCUT2D eigenvalue weighted by Crippen LogP contribution is -2.61. The molecular formula is C11H24N2. The number of nitrogens with two attached hydrogens (primary N) is 2. The Bertz CT molecular complexity index is 154. The molecule has 0 saturated heterocycles. The van der Waals surface area contributed by atoms with Crippen LogP contribution in [0.4, 0.5) is 0 Å². The van der Waals surface area contributed by atoms with Gasteiger partial charge in [0.1, 0.15) is 0 Å². The van der Waals surface area contributed by atoms with Crippen molar-refractivity contribution >= 4 is 0 Å². The van der Waals surface area contributed by atoms with Gasteiger partial charge in [-0.15, -0.1) is 0 Å². The molecule has 2 heteroatoms. The van der Waals surface area contributed by atoms with Gasteiger partial charge in [-0.05, 0) is 18.8 Å². The van der Waals surface area contributed by atoms with Gasteiger partial charge >= 0.3 is 0 Å². The fourth-order valence-electron chi connectivity index (χ4n) is 2.81. The highest BCUT2D eigenvalue weighted by Gasteiger charge is 2.39. The highest BCUT2D eigenvalue weighted by molar-refractivity contribution is 5.01. The van der Waals surface area contributed by atoms with Gasteiger partial charge in [0, 0.05) is 11.6 Å². The SMILES string of the molecule is CCC(CC)C1(N)CCCCC1N. The van der Waals surface area contributed by atoms with Gasteiger partial charge in [-0.25, -0.2) is 0 Å². The van der Waals surface area contributed by atoms with Crippen molar-refractivity contribution in [1.29, 1.82) is 0 Å². The second-order valence-electron chi connectivity index (χ2n) is 4.48. The molecule has 0 heterocycles. The highest BCUT2D eigenvalue weighted by atomic mass is 14.9. The molecule has 2 atom stereocenters. The van der Waals surface area contributed by atoms with Crippen molar-refractivity contribution in [1.82, 2.24) is 0 Å². The van der Waals surface area contributed by atoms with Crippen LogP contribution in [0.5, 0.6) is 0 Å². The molecule has 13 heavy (non-hydrogen) atoms. The van der Waals surface area contributed by atoms with E-state index in [2.05, 4.69) is 13.8 Å². The Morgan fingerprint density at radius 1 is 1.31 bits per heavy atom. The highest BCUT2D eigenvalue weighted by Crippen LogP contribution is 2.34. The maximum absolute atomic E-state index is 6.44. The van der Waals surface area contributed by atoms with Crippen LogP contribution in [-0.4, -0.2) is 11.6 Å². The minimum atomic E-state index is -0.0677. The summed E-state index contributed by atoms with van der Waals surface area (Å²) in [6.07, 6.45) is 7.11. The van der Waals surface area contributed by atoms with Gasteiger partial charge in [0.15, 0.2) is 0 Å². The summed E-state index contributed by atoms with van der Waals surface area (Å²) in [5, 5.41) is 0. The maximum atomic E-state index is 6.44. The lowest BCUT2D eigenvalue weighted by Gasteiger charge is -2.44. The molecule has 2 nitrogen and oxygen atoms in total. The normalized spacial score (nSPS) is 35.3. The van der Waals surface area contributed by atoms with E-state index >= 15 is 0 Å². The van der Waals surface area contributed by atoms with Crippen LogP contribution in [0.1, 0.15) is 52.4 Å². The first-order chi connectivity index (χ1) is 6.15. The molecule has 1 fully saturated rings. The van der Waals surface area contributed by atoms with Gasteiger partial charge in [0.2, 0.25) is 0 Å². The Morgan fingerprint density at radius 2 is 1.92 bits per heavy atom. The topological polar surface area (TPSA) is 52.0 Å². The third-order valence-corrected chi connectivity index (χ3v) is 3.81. The van der Waals surface area contributed by atoms with E-state index in [0.717, 1.165) is 12.8 Å². The minimum absolute atomic E-state index is 0.0677. The summed E-state index contributed by atoms with van der Waals surface area (Å²) in [6, 6.07) is 0.228. The van der Waals surface area contributed by atoms with Gasteiger partial charge in [-0.3, -0.25) is 0 Å². The maximum Gasteiger partial charge on any atom is 0.0336 e. The van der Waals surface area contributed by atoms with Crippen LogP contribution < -0.4 is 11.5 Å². The van der Waals surface area contributed by atoms with Crippen molar-refractivity contribution in [3.8, 4) is 0 Å². The fourth-order valence-corrected chi connectivity index (χ4v) is 2.81. The predicted molar refractivity (Wildman–Crippen MR) is 57.4 cm³/mol. The monoisotopic (exact) mass is 184 g/mol. The Morgan fingerprint density at radius 3 is 2.38 bits per heavy atom. The largest absolute Gasteiger partial charge is 0.326 e. The molecular weight excluding hydrogens is 160 g/mol. The van der Waals surface area contributed by atoms with Crippen LogP contribution in [0.3, 0.4) is 0 Å². The van der Waals surface area contributed by atoms with Crippen molar-refractivity contribution < 1.29 is 0 Å². The zero-order chi connectivity index (χ0) is 9.90. The molecule has 4 N–H and O–H groups in total. The molecule has 0 amide bonds. The third kappa shape index (κ3) is 2.05. The number of hydrogen-bond acceptors (Lipinski definition) is 2. The summed E-state index contributed by atoms with van der Waals surface area (Å²) in [5.41, 5.74) is 12.5. The summed E-state index contributed by atoms with van der Waals surface area (Å²) in [6.45, 7) is 4.45. The Kier molecular flexibility index (Phi) is 3.74. The van der Waals surface area contributed by atoms with Crippen molar-refractivity contribution in [2.24, 2.45) is 17.4 Å². The van der Waals surface area contributed by atoms with E-state index in [1.807, 2.05) is 0 Å². The molecule has 1 aliphatic rings. The van der Waals surface area contributed by atoms with Crippen molar-refractivity contribution in [2.45, 2.75) is 64.0 Å². The van der Waals surface area contributed by atoms with Gasteiger partial charge in [0.05, 0.1) is 0 Å². The standard InChI is InChI=1S/C11H24N2/c1-3-9(4-2)11(13)8-6-5-7-10(11)12/h9-10H,3-8,12-13H2,1-2H3. The average molecular weight is 184 g/mol. The minimum Gasteiger partial charge on any atom is -0.326 e. The van der Waals surface area contributed by atoms with Gasteiger partial charge in [-0.2, -0.15) is 0 Å². The molecule has 0 radical (unpaired) electrons. The summed E-state index contributed by atoms with van der Waals surface area (Å²) in [7, 11) is 0. The quantitative estimate of drug-likeness (QED) is 0.705. The van der Waals surface area contributed by atoms with Crippen LogP contribution in [0.2, 0.25) is 0 Å². The zero-order valence-electron chi connectivity index (χ0n) is 9.05. The van der Waals surface area contributed by atoms with Crippen LogP contribution >= 0.6 is 0 Å². The Labute approximate surface area is 82.1 Å². The van der Waals surface area contributed by atoms with Crippen molar-refractivity contribution in [2.75, 3.05) is 0 Å². The fraction of sp³-hybridized carbons (Fsp3) is 1.00. The van der Waals surface area contributed by atoms with E-state index in [4.69, 9.17) is 11.5 Å². The molecule has 0 spiro atoms.